The SMILES string of the molecule is C[C@H]1CN=C2N=C(N)NC(=O)[C@@]2(O)C1. The molecule has 2 aliphatic rings. The molecule has 0 radical (unpaired) electrons. The van der Waals surface area contributed by atoms with E-state index >= 15 is 0 Å². The Morgan fingerprint density at radius 3 is 3.14 bits per heavy atom. The number of nitrogens with zero attached hydrogens (tertiary/aromatic N) is 2. The first-order chi connectivity index (χ1) is 6.52. The molecule has 0 saturated carbocycles. The highest BCUT2D eigenvalue weighted by atomic mass is 16.3. The van der Waals surface area contributed by atoms with Crippen LogP contribution >= 0.6 is 0 Å². The van der Waals surface area contributed by atoms with E-state index in [2.05, 4.69) is 15.3 Å². The van der Waals surface area contributed by atoms with Gasteiger partial charge in [0.25, 0.3) is 5.91 Å². The van der Waals surface area contributed by atoms with Crippen LogP contribution in [0.1, 0.15) is 13.3 Å². The fraction of sp³-hybridized carbons (Fsp3) is 0.625. The van der Waals surface area contributed by atoms with Gasteiger partial charge in [-0.15, -0.1) is 0 Å². The van der Waals surface area contributed by atoms with Gasteiger partial charge in [0.1, 0.15) is 0 Å². The Balaban J connectivity index is 2.45. The number of amidine groups is 1. The van der Waals surface area contributed by atoms with Crippen LogP contribution in [-0.4, -0.2) is 35.0 Å². The van der Waals surface area contributed by atoms with Gasteiger partial charge >= 0.3 is 0 Å². The lowest BCUT2D eigenvalue weighted by atomic mass is 9.86. The van der Waals surface area contributed by atoms with Crippen LogP contribution in [0, 0.1) is 5.92 Å². The van der Waals surface area contributed by atoms with Crippen molar-refractivity contribution >= 4 is 17.7 Å². The van der Waals surface area contributed by atoms with Crippen molar-refractivity contribution < 1.29 is 9.90 Å². The molecule has 0 saturated heterocycles. The summed E-state index contributed by atoms with van der Waals surface area (Å²) in [6.07, 6.45) is 0.342. The molecule has 14 heavy (non-hydrogen) atoms. The standard InChI is InChI=1S/C8H12N4O2/c1-4-2-8(14)5(10-3-4)11-7(9)12-6(8)13/h4,14H,2-3H2,1H3,(H3,9,10,11,12,13)/t4-,8-/m1/s1. The molecule has 2 rings (SSSR count). The van der Waals surface area contributed by atoms with Gasteiger partial charge in [-0.1, -0.05) is 6.92 Å². The summed E-state index contributed by atoms with van der Waals surface area (Å²) in [7, 11) is 0. The number of carbonyl (C=O) groups excluding carboxylic acids is 1. The Morgan fingerprint density at radius 1 is 1.71 bits per heavy atom. The lowest BCUT2D eigenvalue weighted by molar-refractivity contribution is -0.133. The van der Waals surface area contributed by atoms with E-state index in [0.29, 0.717) is 13.0 Å². The second-order valence-electron chi connectivity index (χ2n) is 3.79. The fourth-order valence-corrected chi connectivity index (χ4v) is 1.72. The van der Waals surface area contributed by atoms with E-state index in [1.807, 2.05) is 6.92 Å². The summed E-state index contributed by atoms with van der Waals surface area (Å²) in [4.78, 5) is 19.4. The van der Waals surface area contributed by atoms with Gasteiger partial charge in [0.2, 0.25) is 11.6 Å². The van der Waals surface area contributed by atoms with E-state index < -0.39 is 11.5 Å². The number of carbonyl (C=O) groups is 1. The molecular formula is C8H12N4O2. The molecule has 0 unspecified atom stereocenters. The van der Waals surface area contributed by atoms with E-state index in [-0.39, 0.29) is 17.7 Å². The minimum atomic E-state index is -1.58. The third-order valence-electron chi connectivity index (χ3n) is 2.41. The van der Waals surface area contributed by atoms with Crippen molar-refractivity contribution in [1.29, 1.82) is 0 Å². The molecule has 0 fully saturated rings. The normalized spacial score (nSPS) is 36.7. The molecule has 0 aliphatic carbocycles. The van der Waals surface area contributed by atoms with E-state index in [9.17, 15) is 9.90 Å². The van der Waals surface area contributed by atoms with Crippen LogP contribution in [0.5, 0.6) is 0 Å². The number of amides is 1. The van der Waals surface area contributed by atoms with Crippen molar-refractivity contribution in [2.24, 2.45) is 21.6 Å². The molecule has 2 atom stereocenters. The minimum absolute atomic E-state index is 0.00650. The molecule has 0 aromatic heterocycles. The van der Waals surface area contributed by atoms with Gasteiger partial charge < -0.3 is 10.8 Å². The van der Waals surface area contributed by atoms with Gasteiger partial charge in [-0.05, 0) is 12.3 Å². The Bertz CT molecular complexity index is 349. The van der Waals surface area contributed by atoms with Gasteiger partial charge in [-0.2, -0.15) is 4.99 Å². The highest BCUT2D eigenvalue weighted by molar-refractivity contribution is 6.22. The van der Waals surface area contributed by atoms with Crippen LogP contribution in [0.2, 0.25) is 0 Å². The lowest BCUT2D eigenvalue weighted by Gasteiger charge is -2.34. The average Bonchev–Trinajstić information content (AvgIpc) is 2.08. The zero-order chi connectivity index (χ0) is 10.3. The largest absolute Gasteiger partial charge is 0.373 e. The first-order valence-electron chi connectivity index (χ1n) is 4.45. The zero-order valence-electron chi connectivity index (χ0n) is 7.82. The third-order valence-corrected chi connectivity index (χ3v) is 2.41. The molecule has 0 spiro atoms. The van der Waals surface area contributed by atoms with E-state index in [0.717, 1.165) is 0 Å². The van der Waals surface area contributed by atoms with Gasteiger partial charge in [0.05, 0.1) is 0 Å². The fourth-order valence-electron chi connectivity index (χ4n) is 1.72. The summed E-state index contributed by atoms with van der Waals surface area (Å²) in [6.45, 7) is 2.49. The monoisotopic (exact) mass is 196 g/mol. The van der Waals surface area contributed by atoms with Crippen LogP contribution in [-0.2, 0) is 4.79 Å². The van der Waals surface area contributed by atoms with Crippen LogP contribution in [0.3, 0.4) is 0 Å². The maximum absolute atomic E-state index is 11.5. The van der Waals surface area contributed by atoms with Crippen molar-refractivity contribution in [3.63, 3.8) is 0 Å². The molecule has 4 N–H and O–H groups in total. The zero-order valence-corrected chi connectivity index (χ0v) is 7.82. The summed E-state index contributed by atoms with van der Waals surface area (Å²) >= 11 is 0. The quantitative estimate of drug-likeness (QED) is 0.444. The number of hydrogen-bond donors (Lipinski definition) is 3. The van der Waals surface area contributed by atoms with Crippen LogP contribution in [0.25, 0.3) is 0 Å². The smallest absolute Gasteiger partial charge is 0.266 e. The molecule has 2 aliphatic heterocycles. The second-order valence-corrected chi connectivity index (χ2v) is 3.79. The van der Waals surface area contributed by atoms with Crippen LogP contribution < -0.4 is 11.1 Å². The highest BCUT2D eigenvalue weighted by Crippen LogP contribution is 2.26. The summed E-state index contributed by atoms with van der Waals surface area (Å²) < 4.78 is 0. The number of aliphatic imine (C=N–C) groups is 2. The molecule has 76 valence electrons. The Kier molecular flexibility index (Phi) is 1.81. The van der Waals surface area contributed by atoms with E-state index in [4.69, 9.17) is 5.73 Å². The number of hydrogen-bond acceptors (Lipinski definition) is 5. The number of nitrogens with two attached hydrogens (primary N) is 1. The minimum Gasteiger partial charge on any atom is -0.373 e. The summed E-state index contributed by atoms with van der Waals surface area (Å²) in [5.74, 6) is -0.232. The Hall–Kier alpha value is -1.43. The van der Waals surface area contributed by atoms with Gasteiger partial charge in [0.15, 0.2) is 5.84 Å². The lowest BCUT2D eigenvalue weighted by Crippen LogP contribution is -2.61. The van der Waals surface area contributed by atoms with Crippen molar-refractivity contribution in [3.8, 4) is 0 Å². The predicted octanol–water partition coefficient (Wildman–Crippen LogP) is -1.40. The number of rotatable bonds is 0. The maximum atomic E-state index is 11.5. The van der Waals surface area contributed by atoms with Crippen LogP contribution in [0.4, 0.5) is 0 Å². The predicted molar refractivity (Wildman–Crippen MR) is 50.8 cm³/mol. The highest BCUT2D eigenvalue weighted by Gasteiger charge is 2.47. The molecule has 1 amide bonds. The van der Waals surface area contributed by atoms with Crippen molar-refractivity contribution in [2.45, 2.75) is 18.9 Å². The number of nitrogens with one attached hydrogen (secondary N) is 1. The topological polar surface area (TPSA) is 100 Å². The number of fused-ring (bicyclic) bond motifs is 1. The van der Waals surface area contributed by atoms with E-state index in [1.165, 1.54) is 0 Å². The third kappa shape index (κ3) is 1.19. The number of guanidine groups is 1. The van der Waals surface area contributed by atoms with Crippen molar-refractivity contribution in [1.82, 2.24) is 5.32 Å². The van der Waals surface area contributed by atoms with Gasteiger partial charge in [-0.3, -0.25) is 15.1 Å². The van der Waals surface area contributed by atoms with E-state index in [1.54, 1.807) is 0 Å². The second kappa shape index (κ2) is 2.78. The first-order valence-corrected chi connectivity index (χ1v) is 4.45. The number of aliphatic hydroxyl groups is 1. The Morgan fingerprint density at radius 2 is 2.43 bits per heavy atom. The molecule has 6 heteroatoms. The van der Waals surface area contributed by atoms with Crippen molar-refractivity contribution in [3.05, 3.63) is 0 Å². The average molecular weight is 196 g/mol. The Labute approximate surface area is 80.9 Å². The molecular weight excluding hydrogens is 184 g/mol. The summed E-state index contributed by atoms with van der Waals surface area (Å²) in [6, 6.07) is 0. The van der Waals surface area contributed by atoms with Crippen LogP contribution in [0.15, 0.2) is 9.98 Å². The first kappa shape index (κ1) is 9.14. The molecule has 6 nitrogen and oxygen atoms in total. The van der Waals surface area contributed by atoms with Gasteiger partial charge in [-0.25, -0.2) is 0 Å². The summed E-state index contributed by atoms with van der Waals surface area (Å²) in [5, 5.41) is 12.3. The molecule has 2 heterocycles. The van der Waals surface area contributed by atoms with Crippen molar-refractivity contribution in [2.75, 3.05) is 6.54 Å². The molecule has 0 bridgehead atoms. The van der Waals surface area contributed by atoms with Gasteiger partial charge in [0, 0.05) is 6.54 Å². The summed E-state index contributed by atoms with van der Waals surface area (Å²) in [5.41, 5.74) is 3.77. The molecule has 0 aromatic carbocycles. The molecule has 0 aromatic rings. The maximum Gasteiger partial charge on any atom is 0.266 e.